The van der Waals surface area contributed by atoms with E-state index in [0.29, 0.717) is 23.7 Å². The summed E-state index contributed by atoms with van der Waals surface area (Å²) >= 11 is 0. The minimum absolute atomic E-state index is 0.0149. The van der Waals surface area contributed by atoms with Crippen LogP contribution in [0, 0.1) is 0 Å². The lowest BCUT2D eigenvalue weighted by molar-refractivity contribution is -0.117. The van der Waals surface area contributed by atoms with Gasteiger partial charge in [-0.25, -0.2) is 18.4 Å². The summed E-state index contributed by atoms with van der Waals surface area (Å²) in [6.45, 7) is 0.455. The molecule has 23 heavy (non-hydrogen) atoms. The average molecular weight is 337 g/mol. The average Bonchev–Trinajstić information content (AvgIpc) is 2.80. The van der Waals surface area contributed by atoms with Crippen LogP contribution in [0.15, 0.2) is 18.3 Å². The molecule has 124 valence electrons. The molecule has 1 unspecified atom stereocenters. The van der Waals surface area contributed by atoms with E-state index in [4.69, 9.17) is 0 Å². The molecule has 0 bridgehead atoms. The van der Waals surface area contributed by atoms with Gasteiger partial charge in [-0.2, -0.15) is 0 Å². The number of aromatic nitrogens is 3. The molecule has 0 aliphatic carbocycles. The molecule has 1 fully saturated rings. The number of rotatable bonds is 3. The Kier molecular flexibility index (Phi) is 4.07. The largest absolute Gasteiger partial charge is 0.301 e. The smallest absolute Gasteiger partial charge is 0.228 e. The molecule has 2 aromatic rings. The van der Waals surface area contributed by atoms with Crippen molar-refractivity contribution in [1.29, 1.82) is 0 Å². The van der Waals surface area contributed by atoms with E-state index in [0.717, 1.165) is 0 Å². The van der Waals surface area contributed by atoms with Crippen LogP contribution >= 0.6 is 0 Å². The maximum atomic E-state index is 12.3. The number of nitrogens with zero attached hydrogens (tertiary/aromatic N) is 4. The van der Waals surface area contributed by atoms with Crippen LogP contribution in [0.3, 0.4) is 0 Å². The van der Waals surface area contributed by atoms with Crippen molar-refractivity contribution in [1.82, 2.24) is 19.4 Å². The quantitative estimate of drug-likeness (QED) is 0.848. The topological polar surface area (TPSA) is 97.2 Å². The minimum atomic E-state index is -3.06. The highest BCUT2D eigenvalue weighted by atomic mass is 32.2. The predicted molar refractivity (Wildman–Crippen MR) is 86.8 cm³/mol. The molecule has 3 rings (SSSR count). The summed E-state index contributed by atoms with van der Waals surface area (Å²) < 4.78 is 25.2. The molecule has 0 spiro atoms. The Labute approximate surface area is 134 Å². The second-order valence-corrected chi connectivity index (χ2v) is 8.07. The summed E-state index contributed by atoms with van der Waals surface area (Å²) in [5.74, 6) is 0.321. The number of sulfone groups is 1. The molecule has 1 aliphatic rings. The van der Waals surface area contributed by atoms with Crippen LogP contribution in [-0.2, 0) is 21.7 Å². The van der Waals surface area contributed by atoms with Gasteiger partial charge < -0.3 is 4.90 Å². The number of carbonyl (C=O) groups excluding carboxylic acids is 1. The van der Waals surface area contributed by atoms with Crippen molar-refractivity contribution in [3.63, 3.8) is 0 Å². The van der Waals surface area contributed by atoms with Crippen molar-refractivity contribution in [3.05, 3.63) is 18.3 Å². The summed E-state index contributed by atoms with van der Waals surface area (Å²) in [6, 6.07) is 3.30. The molecule has 1 N–H and O–H groups in total. The van der Waals surface area contributed by atoms with Crippen LogP contribution in [0.25, 0.3) is 11.2 Å². The van der Waals surface area contributed by atoms with Crippen LogP contribution < -0.4 is 5.32 Å². The van der Waals surface area contributed by atoms with Gasteiger partial charge in [-0.3, -0.25) is 14.7 Å². The van der Waals surface area contributed by atoms with Crippen LogP contribution in [-0.4, -0.2) is 64.9 Å². The van der Waals surface area contributed by atoms with Crippen LogP contribution in [0.1, 0.15) is 6.42 Å². The number of imidazole rings is 1. The van der Waals surface area contributed by atoms with E-state index in [2.05, 4.69) is 15.3 Å². The number of hydrogen-bond acceptors (Lipinski definition) is 6. The zero-order valence-corrected chi connectivity index (χ0v) is 13.9. The van der Waals surface area contributed by atoms with Gasteiger partial charge in [0, 0.05) is 32.3 Å². The number of aryl methyl sites for hydroxylation is 1. The Morgan fingerprint density at radius 1 is 1.43 bits per heavy atom. The standard InChI is InChI=1S/C14H19N5O3S/c1-18-6-7-23(21,22)9-10(18)8-12(20)17-14-16-11-4-3-5-15-13(11)19(14)2/h3-5,10H,6-9H2,1-2H3,(H,16,17,20). The first-order valence-corrected chi connectivity index (χ1v) is 9.16. The van der Waals surface area contributed by atoms with Crippen molar-refractivity contribution < 1.29 is 13.2 Å². The molecule has 0 saturated carbocycles. The van der Waals surface area contributed by atoms with Gasteiger partial charge in [0.25, 0.3) is 0 Å². The lowest BCUT2D eigenvalue weighted by atomic mass is 10.2. The Balaban J connectivity index is 1.72. The summed E-state index contributed by atoms with van der Waals surface area (Å²) in [4.78, 5) is 22.7. The van der Waals surface area contributed by atoms with E-state index < -0.39 is 9.84 Å². The number of pyridine rings is 1. The van der Waals surface area contributed by atoms with E-state index in [1.807, 2.05) is 18.0 Å². The first-order valence-electron chi connectivity index (χ1n) is 7.34. The molecule has 0 aromatic carbocycles. The van der Waals surface area contributed by atoms with Gasteiger partial charge in [-0.05, 0) is 19.2 Å². The lowest BCUT2D eigenvalue weighted by Gasteiger charge is -2.31. The van der Waals surface area contributed by atoms with E-state index in [9.17, 15) is 13.2 Å². The summed E-state index contributed by atoms with van der Waals surface area (Å²) in [5.41, 5.74) is 1.38. The Bertz CT molecular complexity index is 845. The van der Waals surface area contributed by atoms with E-state index in [1.165, 1.54) is 0 Å². The molecular formula is C14H19N5O3S. The Morgan fingerprint density at radius 3 is 2.96 bits per heavy atom. The summed E-state index contributed by atoms with van der Waals surface area (Å²) in [7, 11) is 0.547. The SMILES string of the molecule is CN1CCS(=O)(=O)CC1CC(=O)Nc1nc2cccnc2n1C. The fraction of sp³-hybridized carbons (Fsp3) is 0.500. The lowest BCUT2D eigenvalue weighted by Crippen LogP contribution is -2.47. The molecule has 2 aromatic heterocycles. The second kappa shape index (κ2) is 5.89. The molecular weight excluding hydrogens is 318 g/mol. The van der Waals surface area contributed by atoms with Crippen molar-refractivity contribution in [2.75, 3.05) is 30.4 Å². The van der Waals surface area contributed by atoms with Gasteiger partial charge in [0.15, 0.2) is 15.5 Å². The van der Waals surface area contributed by atoms with Gasteiger partial charge in [0.05, 0.1) is 11.5 Å². The highest BCUT2D eigenvalue weighted by Crippen LogP contribution is 2.17. The van der Waals surface area contributed by atoms with Gasteiger partial charge in [0.1, 0.15) is 5.52 Å². The minimum Gasteiger partial charge on any atom is -0.301 e. The monoisotopic (exact) mass is 337 g/mol. The number of nitrogens with one attached hydrogen (secondary N) is 1. The van der Waals surface area contributed by atoms with Gasteiger partial charge in [-0.15, -0.1) is 0 Å². The van der Waals surface area contributed by atoms with Gasteiger partial charge in [-0.1, -0.05) is 0 Å². The number of amides is 1. The molecule has 1 aliphatic heterocycles. The van der Waals surface area contributed by atoms with Crippen molar-refractivity contribution in [2.45, 2.75) is 12.5 Å². The zero-order chi connectivity index (χ0) is 16.6. The fourth-order valence-electron chi connectivity index (χ4n) is 2.71. The Morgan fingerprint density at radius 2 is 2.22 bits per heavy atom. The summed E-state index contributed by atoms with van der Waals surface area (Å²) in [6.07, 6.45) is 1.78. The Hall–Kier alpha value is -2.00. The first-order chi connectivity index (χ1) is 10.9. The fourth-order valence-corrected chi connectivity index (χ4v) is 4.40. The number of hydrogen-bond donors (Lipinski definition) is 1. The molecule has 0 radical (unpaired) electrons. The maximum Gasteiger partial charge on any atom is 0.228 e. The molecule has 3 heterocycles. The molecule has 8 nitrogen and oxygen atoms in total. The second-order valence-electron chi connectivity index (χ2n) is 5.84. The normalized spacial score (nSPS) is 21.4. The van der Waals surface area contributed by atoms with Crippen molar-refractivity contribution >= 4 is 32.9 Å². The third-order valence-electron chi connectivity index (χ3n) is 4.12. The number of carbonyl (C=O) groups is 1. The molecule has 1 saturated heterocycles. The first kappa shape index (κ1) is 15.9. The highest BCUT2D eigenvalue weighted by Gasteiger charge is 2.30. The van der Waals surface area contributed by atoms with E-state index >= 15 is 0 Å². The predicted octanol–water partition coefficient (Wildman–Crippen LogP) is 0.0257. The molecule has 9 heteroatoms. The van der Waals surface area contributed by atoms with Crippen molar-refractivity contribution in [3.8, 4) is 0 Å². The van der Waals surface area contributed by atoms with E-state index in [-0.39, 0.29) is 29.9 Å². The molecule has 1 atom stereocenters. The zero-order valence-electron chi connectivity index (χ0n) is 13.1. The maximum absolute atomic E-state index is 12.3. The number of anilines is 1. The van der Waals surface area contributed by atoms with Crippen LogP contribution in [0.2, 0.25) is 0 Å². The molecule has 1 amide bonds. The highest BCUT2D eigenvalue weighted by molar-refractivity contribution is 7.91. The number of fused-ring (bicyclic) bond motifs is 1. The van der Waals surface area contributed by atoms with Gasteiger partial charge in [0.2, 0.25) is 11.9 Å². The van der Waals surface area contributed by atoms with Gasteiger partial charge >= 0.3 is 0 Å². The van der Waals surface area contributed by atoms with E-state index in [1.54, 1.807) is 23.9 Å². The third kappa shape index (κ3) is 3.35. The third-order valence-corrected chi connectivity index (χ3v) is 5.82. The van der Waals surface area contributed by atoms with Crippen molar-refractivity contribution in [2.24, 2.45) is 7.05 Å². The summed E-state index contributed by atoms with van der Waals surface area (Å²) in [5, 5.41) is 2.75. The van der Waals surface area contributed by atoms with Crippen LogP contribution in [0.5, 0.6) is 0 Å². The van der Waals surface area contributed by atoms with Crippen LogP contribution in [0.4, 0.5) is 5.95 Å².